The zero-order chi connectivity index (χ0) is 20.8. The number of urea groups is 1. The van der Waals surface area contributed by atoms with Crippen molar-refractivity contribution in [3.8, 4) is 0 Å². The minimum absolute atomic E-state index is 0.129. The first-order valence-electron chi connectivity index (χ1n) is 9.15. The number of thiazole rings is 1. The monoisotopic (exact) mass is 411 g/mol. The van der Waals surface area contributed by atoms with E-state index in [0.717, 1.165) is 15.8 Å². The topological polar surface area (TPSA) is 123 Å². The molecule has 8 nitrogen and oxygen atoms in total. The van der Waals surface area contributed by atoms with Crippen LogP contribution >= 0.6 is 11.3 Å². The lowest BCUT2D eigenvalue weighted by Crippen LogP contribution is -2.31. The number of carbonyl (C=O) groups excluding carboxylic acids is 2. The summed E-state index contributed by atoms with van der Waals surface area (Å²) in [7, 11) is 0. The van der Waals surface area contributed by atoms with Gasteiger partial charge in [-0.25, -0.2) is 15.2 Å². The van der Waals surface area contributed by atoms with Crippen LogP contribution in [0.5, 0.6) is 0 Å². The number of nitrogens with one attached hydrogen (secondary N) is 2. The van der Waals surface area contributed by atoms with Crippen LogP contribution in [0, 0.1) is 12.3 Å². The zero-order valence-electron chi connectivity index (χ0n) is 16.3. The van der Waals surface area contributed by atoms with E-state index in [1.807, 2.05) is 31.2 Å². The van der Waals surface area contributed by atoms with E-state index in [0.29, 0.717) is 35.0 Å². The lowest BCUT2D eigenvalue weighted by atomic mass is 9.75. The van der Waals surface area contributed by atoms with Crippen LogP contribution in [0.15, 0.2) is 33.8 Å². The molecule has 1 aliphatic carbocycles. The van der Waals surface area contributed by atoms with Gasteiger partial charge >= 0.3 is 6.03 Å². The second kappa shape index (κ2) is 7.00. The number of benzene rings is 1. The number of fused-ring (bicyclic) bond motifs is 2. The molecular weight excluding hydrogens is 390 g/mol. The van der Waals surface area contributed by atoms with E-state index in [4.69, 9.17) is 10.2 Å². The summed E-state index contributed by atoms with van der Waals surface area (Å²) in [5, 5.41) is 7.49. The number of aromatic nitrogens is 1. The third-order valence-corrected chi connectivity index (χ3v) is 5.77. The maximum absolute atomic E-state index is 12.9. The van der Waals surface area contributed by atoms with Gasteiger partial charge in [-0.15, -0.1) is 0 Å². The highest BCUT2D eigenvalue weighted by molar-refractivity contribution is 7.22. The molecule has 0 spiro atoms. The van der Waals surface area contributed by atoms with E-state index in [1.54, 1.807) is 0 Å². The fraction of sp³-hybridized carbons (Fsp3) is 0.300. The molecule has 2 heterocycles. The Morgan fingerprint density at radius 2 is 2.03 bits per heavy atom. The fourth-order valence-electron chi connectivity index (χ4n) is 3.63. The number of para-hydroxylation sites is 1. The van der Waals surface area contributed by atoms with Gasteiger partial charge in [0.05, 0.1) is 15.9 Å². The predicted molar refractivity (Wildman–Crippen MR) is 112 cm³/mol. The van der Waals surface area contributed by atoms with Gasteiger partial charge in [0.2, 0.25) is 0 Å². The summed E-state index contributed by atoms with van der Waals surface area (Å²) in [5.41, 5.74) is 10.2. The van der Waals surface area contributed by atoms with Crippen LogP contribution < -0.4 is 16.5 Å². The minimum Gasteiger partial charge on any atom is -0.455 e. The molecule has 1 aromatic carbocycles. The van der Waals surface area contributed by atoms with E-state index in [9.17, 15) is 9.59 Å². The molecular formula is C20H21N5O3S. The van der Waals surface area contributed by atoms with Crippen LogP contribution in [0.4, 0.5) is 9.93 Å². The van der Waals surface area contributed by atoms with Crippen LogP contribution in [0.25, 0.3) is 10.2 Å². The number of furan rings is 1. The van der Waals surface area contributed by atoms with Crippen LogP contribution in [-0.2, 0) is 6.42 Å². The normalized spacial score (nSPS) is 16.6. The SMILES string of the molecule is Cc1c(C(=O)Nc2nc3ccccc3s2)oc2c1/C(=N\NC(N)=O)CC(C)(C)C2. The second-order valence-corrected chi connectivity index (χ2v) is 8.88. The Balaban J connectivity index is 1.67. The zero-order valence-corrected chi connectivity index (χ0v) is 17.1. The average molecular weight is 411 g/mol. The van der Waals surface area contributed by atoms with Gasteiger partial charge in [0.1, 0.15) is 5.76 Å². The number of hydrogen-bond acceptors (Lipinski definition) is 6. The Morgan fingerprint density at radius 3 is 2.76 bits per heavy atom. The standard InChI is InChI=1S/C20H21N5O3S/c1-10-15-12(24-25-18(21)27)8-20(2,3)9-13(15)28-16(10)17(26)23-19-22-11-6-4-5-7-14(11)29-19/h4-7H,8-9H2,1-3H3,(H3,21,25,27)(H,22,23,26)/b24-12-. The number of amides is 3. The average Bonchev–Trinajstić information content (AvgIpc) is 3.19. The maximum atomic E-state index is 12.9. The number of hydrazone groups is 1. The highest BCUT2D eigenvalue weighted by Crippen LogP contribution is 2.39. The molecule has 0 saturated heterocycles. The van der Waals surface area contributed by atoms with Crippen molar-refractivity contribution in [3.63, 3.8) is 0 Å². The first-order chi connectivity index (χ1) is 13.7. The Hall–Kier alpha value is -3.20. The predicted octanol–water partition coefficient (Wildman–Crippen LogP) is 3.79. The first-order valence-corrected chi connectivity index (χ1v) is 9.97. The Labute approximate surface area is 171 Å². The molecule has 0 radical (unpaired) electrons. The fourth-order valence-corrected chi connectivity index (χ4v) is 4.49. The Morgan fingerprint density at radius 1 is 1.28 bits per heavy atom. The van der Waals surface area contributed by atoms with E-state index < -0.39 is 6.03 Å². The summed E-state index contributed by atoms with van der Waals surface area (Å²) in [6.45, 7) is 5.97. The van der Waals surface area contributed by atoms with Crippen LogP contribution in [0.1, 0.15) is 47.7 Å². The van der Waals surface area contributed by atoms with E-state index in [-0.39, 0.29) is 17.1 Å². The van der Waals surface area contributed by atoms with Crippen molar-refractivity contribution in [2.45, 2.75) is 33.6 Å². The summed E-state index contributed by atoms with van der Waals surface area (Å²) in [6.07, 6.45) is 1.28. The largest absolute Gasteiger partial charge is 0.455 e. The molecule has 0 aliphatic heterocycles. The van der Waals surface area contributed by atoms with Crippen molar-refractivity contribution in [1.82, 2.24) is 10.4 Å². The molecule has 4 rings (SSSR count). The van der Waals surface area contributed by atoms with Gasteiger partial charge in [-0.05, 0) is 30.9 Å². The second-order valence-electron chi connectivity index (χ2n) is 7.85. The summed E-state index contributed by atoms with van der Waals surface area (Å²) < 4.78 is 6.95. The molecule has 0 unspecified atom stereocenters. The quantitative estimate of drug-likeness (QED) is 0.567. The van der Waals surface area contributed by atoms with Crippen LogP contribution in [-0.4, -0.2) is 22.6 Å². The van der Waals surface area contributed by atoms with Gasteiger partial charge in [0, 0.05) is 17.5 Å². The first kappa shape index (κ1) is 19.1. The van der Waals surface area contributed by atoms with Gasteiger partial charge in [0.15, 0.2) is 10.9 Å². The molecule has 4 N–H and O–H groups in total. The molecule has 0 bridgehead atoms. The number of carbonyl (C=O) groups is 2. The highest BCUT2D eigenvalue weighted by Gasteiger charge is 2.36. The molecule has 0 saturated carbocycles. The van der Waals surface area contributed by atoms with E-state index in [2.05, 4.69) is 34.7 Å². The van der Waals surface area contributed by atoms with Crippen molar-refractivity contribution in [2.75, 3.05) is 5.32 Å². The van der Waals surface area contributed by atoms with Crippen LogP contribution in [0.2, 0.25) is 0 Å². The van der Waals surface area contributed by atoms with Crippen molar-refractivity contribution < 1.29 is 14.0 Å². The highest BCUT2D eigenvalue weighted by atomic mass is 32.1. The number of primary amides is 1. The third-order valence-electron chi connectivity index (χ3n) is 4.82. The third kappa shape index (κ3) is 3.73. The lowest BCUT2D eigenvalue weighted by molar-refractivity contribution is 0.0993. The van der Waals surface area contributed by atoms with Crippen molar-refractivity contribution in [3.05, 3.63) is 46.9 Å². The number of nitrogens with zero attached hydrogens (tertiary/aromatic N) is 2. The Bertz CT molecular complexity index is 1130. The molecule has 0 atom stereocenters. The molecule has 9 heteroatoms. The smallest absolute Gasteiger partial charge is 0.332 e. The van der Waals surface area contributed by atoms with Crippen molar-refractivity contribution in [1.29, 1.82) is 0 Å². The number of nitrogens with two attached hydrogens (primary N) is 1. The molecule has 3 amide bonds. The Kier molecular flexibility index (Phi) is 4.62. The summed E-state index contributed by atoms with van der Waals surface area (Å²) in [6, 6.07) is 6.95. The molecule has 0 fully saturated rings. The van der Waals surface area contributed by atoms with Gasteiger partial charge in [-0.2, -0.15) is 5.10 Å². The van der Waals surface area contributed by atoms with Crippen LogP contribution in [0.3, 0.4) is 0 Å². The van der Waals surface area contributed by atoms with E-state index in [1.165, 1.54) is 11.3 Å². The van der Waals surface area contributed by atoms with Gasteiger partial charge in [-0.3, -0.25) is 10.1 Å². The van der Waals surface area contributed by atoms with Crippen molar-refractivity contribution >= 4 is 44.3 Å². The number of rotatable bonds is 3. The molecule has 150 valence electrons. The number of hydrogen-bond donors (Lipinski definition) is 3. The molecule has 2 aromatic heterocycles. The molecule has 3 aromatic rings. The maximum Gasteiger partial charge on any atom is 0.332 e. The lowest BCUT2D eigenvalue weighted by Gasteiger charge is -2.29. The van der Waals surface area contributed by atoms with E-state index >= 15 is 0 Å². The van der Waals surface area contributed by atoms with Crippen molar-refractivity contribution in [2.24, 2.45) is 16.3 Å². The summed E-state index contributed by atoms with van der Waals surface area (Å²) in [5.74, 6) is 0.535. The summed E-state index contributed by atoms with van der Waals surface area (Å²) >= 11 is 1.40. The van der Waals surface area contributed by atoms with Gasteiger partial charge in [-0.1, -0.05) is 37.3 Å². The number of anilines is 1. The minimum atomic E-state index is -0.739. The molecule has 1 aliphatic rings. The van der Waals surface area contributed by atoms with Gasteiger partial charge in [0.25, 0.3) is 5.91 Å². The van der Waals surface area contributed by atoms with Gasteiger partial charge < -0.3 is 10.2 Å². The summed E-state index contributed by atoms with van der Waals surface area (Å²) in [4.78, 5) is 28.4. The molecule has 29 heavy (non-hydrogen) atoms.